The van der Waals surface area contributed by atoms with Crippen molar-refractivity contribution in [3.8, 4) is 0 Å². The van der Waals surface area contributed by atoms with Gasteiger partial charge in [0.15, 0.2) is 0 Å². The first-order chi connectivity index (χ1) is 5.43. The molecule has 0 bridgehead atoms. The highest BCUT2D eigenvalue weighted by molar-refractivity contribution is 7.80. The first-order valence-electron chi connectivity index (χ1n) is 3.86. The SMILES string of the molecule is SCCNCCc1cc[nH]c1. The van der Waals surface area contributed by atoms with Gasteiger partial charge in [0.2, 0.25) is 0 Å². The van der Waals surface area contributed by atoms with Gasteiger partial charge in [-0.3, -0.25) is 0 Å². The van der Waals surface area contributed by atoms with Crippen molar-refractivity contribution < 1.29 is 0 Å². The number of rotatable bonds is 5. The van der Waals surface area contributed by atoms with E-state index in [9.17, 15) is 0 Å². The third kappa shape index (κ3) is 3.49. The molecule has 1 aromatic heterocycles. The summed E-state index contributed by atoms with van der Waals surface area (Å²) in [4.78, 5) is 3.03. The summed E-state index contributed by atoms with van der Waals surface area (Å²) in [6.07, 6.45) is 5.08. The van der Waals surface area contributed by atoms with Gasteiger partial charge in [-0.05, 0) is 24.6 Å². The molecule has 0 aromatic carbocycles. The molecule has 0 radical (unpaired) electrons. The summed E-state index contributed by atoms with van der Waals surface area (Å²) in [5, 5.41) is 3.28. The number of hydrogen-bond donors (Lipinski definition) is 3. The van der Waals surface area contributed by atoms with E-state index in [0.717, 1.165) is 25.3 Å². The number of hydrogen-bond acceptors (Lipinski definition) is 2. The molecule has 0 saturated carbocycles. The van der Waals surface area contributed by atoms with Crippen molar-refractivity contribution in [3.63, 3.8) is 0 Å². The van der Waals surface area contributed by atoms with E-state index in [-0.39, 0.29) is 0 Å². The standard InChI is InChI=1S/C8H14N2S/c11-6-5-9-3-1-8-2-4-10-7-8/h2,4,7,9-11H,1,3,5-6H2. The minimum Gasteiger partial charge on any atom is -0.367 e. The lowest BCUT2D eigenvalue weighted by Crippen LogP contribution is -2.19. The number of aromatic amines is 1. The van der Waals surface area contributed by atoms with E-state index in [1.165, 1.54) is 5.56 Å². The molecule has 62 valence electrons. The summed E-state index contributed by atoms with van der Waals surface area (Å²) in [6.45, 7) is 2.03. The molecule has 11 heavy (non-hydrogen) atoms. The third-order valence-electron chi connectivity index (χ3n) is 1.54. The Kier molecular flexibility index (Phi) is 4.16. The fourth-order valence-electron chi connectivity index (χ4n) is 0.951. The molecule has 3 heteroatoms. The summed E-state index contributed by atoms with van der Waals surface area (Å²) in [5.41, 5.74) is 1.36. The molecule has 0 saturated heterocycles. The van der Waals surface area contributed by atoms with Crippen LogP contribution in [0.1, 0.15) is 5.56 Å². The van der Waals surface area contributed by atoms with E-state index in [1.807, 2.05) is 12.4 Å². The monoisotopic (exact) mass is 170 g/mol. The molecular formula is C8H14N2S. The number of aromatic nitrogens is 1. The molecule has 0 aliphatic carbocycles. The molecule has 1 aromatic rings. The second-order valence-electron chi connectivity index (χ2n) is 2.44. The zero-order chi connectivity index (χ0) is 7.94. The van der Waals surface area contributed by atoms with E-state index in [2.05, 4.69) is 29.0 Å². The van der Waals surface area contributed by atoms with E-state index in [0.29, 0.717) is 0 Å². The van der Waals surface area contributed by atoms with Crippen LogP contribution in [-0.4, -0.2) is 23.8 Å². The first-order valence-corrected chi connectivity index (χ1v) is 4.50. The van der Waals surface area contributed by atoms with Gasteiger partial charge in [0, 0.05) is 24.7 Å². The average molecular weight is 170 g/mol. The summed E-state index contributed by atoms with van der Waals surface area (Å²) in [5.74, 6) is 0.910. The topological polar surface area (TPSA) is 27.8 Å². The molecule has 0 atom stereocenters. The molecule has 0 aliphatic heterocycles. The van der Waals surface area contributed by atoms with Crippen LogP contribution in [0.15, 0.2) is 18.5 Å². The number of thiol groups is 1. The highest BCUT2D eigenvalue weighted by Crippen LogP contribution is 1.95. The van der Waals surface area contributed by atoms with Gasteiger partial charge in [0.1, 0.15) is 0 Å². The van der Waals surface area contributed by atoms with Crippen molar-refractivity contribution in [2.45, 2.75) is 6.42 Å². The van der Waals surface area contributed by atoms with E-state index in [1.54, 1.807) is 0 Å². The predicted octanol–water partition coefficient (Wildman–Crippen LogP) is 1.08. The largest absolute Gasteiger partial charge is 0.367 e. The average Bonchev–Trinajstić information content (AvgIpc) is 2.50. The van der Waals surface area contributed by atoms with Crippen molar-refractivity contribution in [2.24, 2.45) is 0 Å². The molecule has 1 heterocycles. The van der Waals surface area contributed by atoms with Crippen LogP contribution >= 0.6 is 12.6 Å². The molecule has 0 unspecified atom stereocenters. The fourth-order valence-corrected chi connectivity index (χ4v) is 1.11. The first kappa shape index (κ1) is 8.68. The predicted molar refractivity (Wildman–Crippen MR) is 51.2 cm³/mol. The number of H-pyrrole nitrogens is 1. The highest BCUT2D eigenvalue weighted by Gasteiger charge is 1.90. The molecule has 2 nitrogen and oxygen atoms in total. The normalized spacial score (nSPS) is 10.3. The van der Waals surface area contributed by atoms with Gasteiger partial charge < -0.3 is 10.3 Å². The molecule has 0 aliphatic rings. The van der Waals surface area contributed by atoms with Gasteiger partial charge >= 0.3 is 0 Å². The van der Waals surface area contributed by atoms with E-state index < -0.39 is 0 Å². The van der Waals surface area contributed by atoms with Gasteiger partial charge in [-0.1, -0.05) is 0 Å². The second kappa shape index (κ2) is 5.27. The Labute approximate surface area is 72.8 Å². The van der Waals surface area contributed by atoms with Gasteiger partial charge in [0.05, 0.1) is 0 Å². The van der Waals surface area contributed by atoms with Crippen LogP contribution in [0, 0.1) is 0 Å². The molecule has 0 fully saturated rings. The van der Waals surface area contributed by atoms with Crippen LogP contribution in [0.2, 0.25) is 0 Å². The summed E-state index contributed by atoms with van der Waals surface area (Å²) in [6, 6.07) is 2.10. The van der Waals surface area contributed by atoms with Crippen molar-refractivity contribution in [1.82, 2.24) is 10.3 Å². The molecule has 1 rings (SSSR count). The summed E-state index contributed by atoms with van der Waals surface area (Å²) >= 11 is 4.10. The number of nitrogens with one attached hydrogen (secondary N) is 2. The second-order valence-corrected chi connectivity index (χ2v) is 2.89. The smallest absolute Gasteiger partial charge is 0.00398 e. The van der Waals surface area contributed by atoms with Crippen molar-refractivity contribution in [3.05, 3.63) is 24.0 Å². The molecule has 0 spiro atoms. The van der Waals surface area contributed by atoms with Gasteiger partial charge in [-0.25, -0.2) is 0 Å². The Morgan fingerprint density at radius 3 is 3.00 bits per heavy atom. The van der Waals surface area contributed by atoms with Gasteiger partial charge in [0.25, 0.3) is 0 Å². The molecular weight excluding hydrogens is 156 g/mol. The Bertz CT molecular complexity index is 172. The highest BCUT2D eigenvalue weighted by atomic mass is 32.1. The van der Waals surface area contributed by atoms with Crippen molar-refractivity contribution in [1.29, 1.82) is 0 Å². The van der Waals surface area contributed by atoms with E-state index in [4.69, 9.17) is 0 Å². The zero-order valence-electron chi connectivity index (χ0n) is 6.51. The Morgan fingerprint density at radius 1 is 1.45 bits per heavy atom. The van der Waals surface area contributed by atoms with Crippen LogP contribution in [0.25, 0.3) is 0 Å². The van der Waals surface area contributed by atoms with Crippen LogP contribution in [0.4, 0.5) is 0 Å². The zero-order valence-corrected chi connectivity index (χ0v) is 7.40. The molecule has 2 N–H and O–H groups in total. The Hall–Kier alpha value is -0.410. The van der Waals surface area contributed by atoms with E-state index >= 15 is 0 Å². The van der Waals surface area contributed by atoms with Crippen molar-refractivity contribution >= 4 is 12.6 Å². The van der Waals surface area contributed by atoms with Gasteiger partial charge in [-0.15, -0.1) is 0 Å². The van der Waals surface area contributed by atoms with Crippen LogP contribution < -0.4 is 5.32 Å². The lowest BCUT2D eigenvalue weighted by molar-refractivity contribution is 0.722. The third-order valence-corrected chi connectivity index (χ3v) is 1.77. The lowest BCUT2D eigenvalue weighted by Gasteiger charge is -1.99. The fraction of sp³-hybridized carbons (Fsp3) is 0.500. The maximum absolute atomic E-state index is 4.10. The lowest BCUT2D eigenvalue weighted by atomic mass is 10.2. The summed E-state index contributed by atoms with van der Waals surface area (Å²) in [7, 11) is 0. The van der Waals surface area contributed by atoms with Crippen molar-refractivity contribution in [2.75, 3.05) is 18.8 Å². The van der Waals surface area contributed by atoms with Crippen LogP contribution in [0.3, 0.4) is 0 Å². The minimum absolute atomic E-state index is 0.910. The maximum atomic E-state index is 4.10. The quantitative estimate of drug-likeness (QED) is 0.448. The Morgan fingerprint density at radius 2 is 2.36 bits per heavy atom. The van der Waals surface area contributed by atoms with Crippen LogP contribution in [-0.2, 0) is 6.42 Å². The maximum Gasteiger partial charge on any atom is 0.00398 e. The van der Waals surface area contributed by atoms with Gasteiger partial charge in [-0.2, -0.15) is 12.6 Å². The summed E-state index contributed by atoms with van der Waals surface area (Å²) < 4.78 is 0. The van der Waals surface area contributed by atoms with Crippen LogP contribution in [0.5, 0.6) is 0 Å². The Balaban J connectivity index is 2.04. The molecule has 0 amide bonds. The minimum atomic E-state index is 0.910.